The summed E-state index contributed by atoms with van der Waals surface area (Å²) in [5.74, 6) is 0.930. The summed E-state index contributed by atoms with van der Waals surface area (Å²) in [6.07, 6.45) is 0. The molecule has 0 radical (unpaired) electrons. The first-order chi connectivity index (χ1) is 10.9. The van der Waals surface area contributed by atoms with Crippen molar-refractivity contribution in [1.82, 2.24) is 0 Å². The van der Waals surface area contributed by atoms with E-state index in [-0.39, 0.29) is 6.04 Å². The van der Waals surface area contributed by atoms with E-state index >= 15 is 0 Å². The van der Waals surface area contributed by atoms with Gasteiger partial charge in [-0.05, 0) is 28.8 Å². The smallest absolute Gasteiger partial charge is 0.142 e. The molecule has 0 spiro atoms. The zero-order chi connectivity index (χ0) is 14.8. The van der Waals surface area contributed by atoms with Crippen LogP contribution in [-0.4, -0.2) is 6.61 Å². The monoisotopic (exact) mass is 287 g/mol. The van der Waals surface area contributed by atoms with Crippen molar-refractivity contribution in [2.24, 2.45) is 0 Å². The average Bonchev–Trinajstić information content (AvgIpc) is 2.62. The van der Waals surface area contributed by atoms with Crippen LogP contribution in [0.15, 0.2) is 78.9 Å². The van der Waals surface area contributed by atoms with Gasteiger partial charge in [0, 0.05) is 0 Å². The van der Waals surface area contributed by atoms with Crippen molar-refractivity contribution in [2.45, 2.75) is 6.04 Å². The van der Waals surface area contributed by atoms with Gasteiger partial charge >= 0.3 is 0 Å². The molecule has 0 bridgehead atoms. The number of nitrogens with one attached hydrogen (secondary N) is 1. The zero-order valence-corrected chi connectivity index (χ0v) is 12.2. The predicted octanol–water partition coefficient (Wildman–Crippen LogP) is 4.90. The van der Waals surface area contributed by atoms with Gasteiger partial charge in [-0.2, -0.15) is 0 Å². The van der Waals surface area contributed by atoms with Gasteiger partial charge in [0.05, 0.1) is 11.7 Å². The maximum absolute atomic E-state index is 5.84. The molecule has 1 heterocycles. The molecule has 0 saturated carbocycles. The fourth-order valence-electron chi connectivity index (χ4n) is 2.83. The molecule has 1 aliphatic heterocycles. The van der Waals surface area contributed by atoms with E-state index in [9.17, 15) is 0 Å². The van der Waals surface area contributed by atoms with Crippen molar-refractivity contribution in [2.75, 3.05) is 11.9 Å². The second-order valence-corrected chi connectivity index (χ2v) is 5.49. The molecule has 3 aromatic carbocycles. The highest BCUT2D eigenvalue weighted by Gasteiger charge is 2.19. The van der Waals surface area contributed by atoms with E-state index in [1.807, 2.05) is 24.3 Å². The minimum atomic E-state index is 0.194. The van der Waals surface area contributed by atoms with E-state index in [1.54, 1.807) is 0 Å². The van der Waals surface area contributed by atoms with Crippen molar-refractivity contribution in [3.63, 3.8) is 0 Å². The Kier molecular flexibility index (Phi) is 3.28. The fourth-order valence-corrected chi connectivity index (χ4v) is 2.83. The zero-order valence-electron chi connectivity index (χ0n) is 12.2. The Morgan fingerprint density at radius 3 is 2.23 bits per heavy atom. The number of ether oxygens (including phenoxy) is 1. The van der Waals surface area contributed by atoms with Crippen molar-refractivity contribution in [3.05, 3.63) is 84.4 Å². The summed E-state index contributed by atoms with van der Waals surface area (Å²) < 4.78 is 5.84. The molecule has 22 heavy (non-hydrogen) atoms. The van der Waals surface area contributed by atoms with Gasteiger partial charge in [-0.25, -0.2) is 0 Å². The molecule has 0 fully saturated rings. The third-order valence-corrected chi connectivity index (χ3v) is 4.04. The standard InChI is InChI=1S/C20H17NO/c1-2-6-15(7-3-1)16-10-12-17(13-11-16)19-14-22-20-9-5-4-8-18(20)21-19/h1-13,19,21H,14H2/t19-/m0/s1. The highest BCUT2D eigenvalue weighted by molar-refractivity contribution is 5.64. The van der Waals surface area contributed by atoms with E-state index in [0.717, 1.165) is 11.4 Å². The molecular weight excluding hydrogens is 270 g/mol. The van der Waals surface area contributed by atoms with Crippen molar-refractivity contribution in [1.29, 1.82) is 0 Å². The van der Waals surface area contributed by atoms with Crippen molar-refractivity contribution < 1.29 is 4.74 Å². The number of hydrogen-bond donors (Lipinski definition) is 1. The molecule has 0 aliphatic carbocycles. The molecule has 4 rings (SSSR count). The summed E-state index contributed by atoms with van der Waals surface area (Å²) in [7, 11) is 0. The summed E-state index contributed by atoms with van der Waals surface area (Å²) in [4.78, 5) is 0. The Hall–Kier alpha value is -2.74. The molecule has 2 nitrogen and oxygen atoms in total. The maximum Gasteiger partial charge on any atom is 0.142 e. The summed E-state index contributed by atoms with van der Waals surface area (Å²) in [5.41, 5.74) is 4.79. The molecule has 1 aliphatic rings. The Balaban J connectivity index is 1.57. The van der Waals surface area contributed by atoms with E-state index in [0.29, 0.717) is 6.61 Å². The molecule has 2 heteroatoms. The number of anilines is 1. The van der Waals surface area contributed by atoms with Crippen LogP contribution < -0.4 is 10.1 Å². The van der Waals surface area contributed by atoms with E-state index in [2.05, 4.69) is 59.9 Å². The Morgan fingerprint density at radius 1 is 0.727 bits per heavy atom. The number of benzene rings is 3. The molecular formula is C20H17NO. The van der Waals surface area contributed by atoms with Crippen LogP contribution in [0.5, 0.6) is 5.75 Å². The molecule has 0 unspecified atom stereocenters. The van der Waals surface area contributed by atoms with Crippen LogP contribution in [0.2, 0.25) is 0 Å². The van der Waals surface area contributed by atoms with Gasteiger partial charge in [-0.3, -0.25) is 0 Å². The lowest BCUT2D eigenvalue weighted by Gasteiger charge is -2.27. The lowest BCUT2D eigenvalue weighted by molar-refractivity contribution is 0.286. The number of fused-ring (bicyclic) bond motifs is 1. The maximum atomic E-state index is 5.84. The SMILES string of the molecule is c1ccc(-c2ccc([C@@H]3COc4ccccc4N3)cc2)cc1. The molecule has 0 saturated heterocycles. The van der Waals surface area contributed by atoms with Crippen molar-refractivity contribution >= 4 is 5.69 Å². The number of para-hydroxylation sites is 2. The lowest BCUT2D eigenvalue weighted by atomic mass is 10.0. The molecule has 0 aromatic heterocycles. The molecule has 108 valence electrons. The highest BCUT2D eigenvalue weighted by atomic mass is 16.5. The Labute approximate surface area is 130 Å². The first-order valence-electron chi connectivity index (χ1n) is 7.54. The number of rotatable bonds is 2. The lowest BCUT2D eigenvalue weighted by Crippen LogP contribution is -2.23. The topological polar surface area (TPSA) is 21.3 Å². The number of hydrogen-bond acceptors (Lipinski definition) is 2. The second kappa shape index (κ2) is 5.57. The van der Waals surface area contributed by atoms with Gasteiger partial charge in [0.25, 0.3) is 0 Å². The summed E-state index contributed by atoms with van der Waals surface area (Å²) in [6, 6.07) is 27.4. The van der Waals surface area contributed by atoms with Gasteiger partial charge in [-0.1, -0.05) is 66.7 Å². The van der Waals surface area contributed by atoms with Crippen LogP contribution in [0.25, 0.3) is 11.1 Å². The average molecular weight is 287 g/mol. The predicted molar refractivity (Wildman–Crippen MR) is 90.2 cm³/mol. The van der Waals surface area contributed by atoms with Crippen LogP contribution >= 0.6 is 0 Å². The Bertz CT molecular complexity index is 765. The van der Waals surface area contributed by atoms with Crippen molar-refractivity contribution in [3.8, 4) is 16.9 Å². The third-order valence-electron chi connectivity index (χ3n) is 4.04. The third kappa shape index (κ3) is 2.44. The van der Waals surface area contributed by atoms with Crippen LogP contribution in [0, 0.1) is 0 Å². The van der Waals surface area contributed by atoms with Gasteiger partial charge in [0.2, 0.25) is 0 Å². The minimum Gasteiger partial charge on any atom is -0.489 e. The largest absolute Gasteiger partial charge is 0.489 e. The fraction of sp³-hybridized carbons (Fsp3) is 0.100. The molecule has 3 aromatic rings. The molecule has 1 atom stereocenters. The summed E-state index contributed by atoms with van der Waals surface area (Å²) in [6.45, 7) is 0.654. The summed E-state index contributed by atoms with van der Waals surface area (Å²) >= 11 is 0. The van der Waals surface area contributed by atoms with Crippen LogP contribution in [0.3, 0.4) is 0 Å². The van der Waals surface area contributed by atoms with E-state index in [4.69, 9.17) is 4.74 Å². The normalized spacial score (nSPS) is 16.3. The van der Waals surface area contributed by atoms with Crippen LogP contribution in [-0.2, 0) is 0 Å². The second-order valence-electron chi connectivity index (χ2n) is 5.49. The van der Waals surface area contributed by atoms with Gasteiger partial charge in [-0.15, -0.1) is 0 Å². The van der Waals surface area contributed by atoms with Crippen LogP contribution in [0.1, 0.15) is 11.6 Å². The summed E-state index contributed by atoms with van der Waals surface area (Å²) in [5, 5.41) is 3.55. The molecule has 1 N–H and O–H groups in total. The van der Waals surface area contributed by atoms with Gasteiger partial charge < -0.3 is 10.1 Å². The quantitative estimate of drug-likeness (QED) is 0.724. The van der Waals surface area contributed by atoms with E-state index in [1.165, 1.54) is 16.7 Å². The minimum absolute atomic E-state index is 0.194. The first kappa shape index (κ1) is 13.0. The van der Waals surface area contributed by atoms with E-state index < -0.39 is 0 Å². The van der Waals surface area contributed by atoms with Crippen LogP contribution in [0.4, 0.5) is 5.69 Å². The molecule has 0 amide bonds. The Morgan fingerprint density at radius 2 is 1.41 bits per heavy atom. The van der Waals surface area contributed by atoms with Gasteiger partial charge in [0.1, 0.15) is 12.4 Å². The highest BCUT2D eigenvalue weighted by Crippen LogP contribution is 2.33. The first-order valence-corrected chi connectivity index (χ1v) is 7.54. The van der Waals surface area contributed by atoms with Gasteiger partial charge in [0.15, 0.2) is 0 Å².